The number of nitrogens with zero attached hydrogens (tertiary/aromatic N) is 1. The van der Waals surface area contributed by atoms with E-state index >= 15 is 0 Å². The molecule has 2 unspecified atom stereocenters. The van der Waals surface area contributed by atoms with Crippen molar-refractivity contribution in [1.29, 1.82) is 0 Å². The molecule has 2 aromatic rings. The van der Waals surface area contributed by atoms with Gasteiger partial charge in [-0.3, -0.25) is 4.98 Å². The smallest absolute Gasteiger partial charge is 0.126 e. The largest absolute Gasteiger partial charge is 0.323 e. The molecule has 1 aliphatic carbocycles. The number of hydrogen-bond acceptors (Lipinski definition) is 2. The van der Waals surface area contributed by atoms with Crippen molar-refractivity contribution in [3.05, 3.63) is 65.0 Å². The summed E-state index contributed by atoms with van der Waals surface area (Å²) in [4.78, 5) is 4.42. The van der Waals surface area contributed by atoms with Crippen molar-refractivity contribution in [1.82, 2.24) is 4.98 Å². The van der Waals surface area contributed by atoms with Crippen LogP contribution in [0.4, 0.5) is 8.78 Å². The number of halogens is 2. The van der Waals surface area contributed by atoms with Crippen molar-refractivity contribution in [2.75, 3.05) is 0 Å². The van der Waals surface area contributed by atoms with Crippen molar-refractivity contribution in [2.45, 2.75) is 31.2 Å². The van der Waals surface area contributed by atoms with Crippen LogP contribution in [0.2, 0.25) is 0 Å². The lowest BCUT2D eigenvalue weighted by atomic mass is 9.80. The molecule has 1 aromatic heterocycles. The third kappa shape index (κ3) is 2.43. The van der Waals surface area contributed by atoms with Gasteiger partial charge >= 0.3 is 0 Å². The molecule has 0 amide bonds. The zero-order chi connectivity index (χ0) is 14.1. The van der Waals surface area contributed by atoms with Crippen LogP contribution in [-0.4, -0.2) is 4.98 Å². The second-order valence-corrected chi connectivity index (χ2v) is 5.28. The summed E-state index contributed by atoms with van der Waals surface area (Å²) in [5.41, 5.74) is 8.90. The Morgan fingerprint density at radius 2 is 1.95 bits per heavy atom. The summed E-state index contributed by atoms with van der Waals surface area (Å²) in [5.74, 6) is -1.17. The number of rotatable bonds is 2. The average Bonchev–Trinajstić information content (AvgIpc) is 2.45. The third-order valence-electron chi connectivity index (χ3n) is 3.94. The van der Waals surface area contributed by atoms with Gasteiger partial charge in [-0.15, -0.1) is 0 Å². The Morgan fingerprint density at radius 3 is 2.70 bits per heavy atom. The van der Waals surface area contributed by atoms with E-state index in [1.165, 1.54) is 17.7 Å². The summed E-state index contributed by atoms with van der Waals surface area (Å²) in [6.45, 7) is 0. The minimum atomic E-state index is -0.590. The number of pyridine rings is 1. The summed E-state index contributed by atoms with van der Waals surface area (Å²) in [7, 11) is 0. The van der Waals surface area contributed by atoms with E-state index in [9.17, 15) is 8.78 Å². The molecule has 0 saturated heterocycles. The standard InChI is InChI=1S/C16H16F2N2/c17-12-7-11(8-13(18)9-12)15(19)14-5-1-3-10-4-2-6-20-16(10)14/h2,4,6-9,14-15H,1,3,5,19H2. The van der Waals surface area contributed by atoms with Crippen molar-refractivity contribution in [3.8, 4) is 0 Å². The van der Waals surface area contributed by atoms with Crippen LogP contribution in [0.3, 0.4) is 0 Å². The number of aromatic nitrogens is 1. The highest BCUT2D eigenvalue weighted by atomic mass is 19.1. The van der Waals surface area contributed by atoms with Gasteiger partial charge in [0, 0.05) is 29.9 Å². The zero-order valence-electron chi connectivity index (χ0n) is 11.0. The van der Waals surface area contributed by atoms with Gasteiger partial charge in [-0.05, 0) is 48.6 Å². The maximum atomic E-state index is 13.3. The monoisotopic (exact) mass is 274 g/mol. The molecule has 1 heterocycles. The van der Waals surface area contributed by atoms with Crippen molar-refractivity contribution < 1.29 is 8.78 Å². The van der Waals surface area contributed by atoms with Crippen LogP contribution in [0, 0.1) is 11.6 Å². The van der Waals surface area contributed by atoms with Crippen LogP contribution in [0.25, 0.3) is 0 Å². The lowest BCUT2D eigenvalue weighted by Gasteiger charge is -2.29. The highest BCUT2D eigenvalue weighted by Gasteiger charge is 2.28. The first-order chi connectivity index (χ1) is 9.65. The van der Waals surface area contributed by atoms with E-state index in [4.69, 9.17) is 5.73 Å². The van der Waals surface area contributed by atoms with E-state index in [2.05, 4.69) is 4.98 Å². The fraction of sp³-hybridized carbons (Fsp3) is 0.312. The molecule has 0 aliphatic heterocycles. The van der Waals surface area contributed by atoms with E-state index < -0.39 is 17.7 Å². The van der Waals surface area contributed by atoms with E-state index in [1.54, 1.807) is 6.20 Å². The maximum Gasteiger partial charge on any atom is 0.126 e. The van der Waals surface area contributed by atoms with Crippen LogP contribution < -0.4 is 5.73 Å². The van der Waals surface area contributed by atoms with Crippen molar-refractivity contribution in [3.63, 3.8) is 0 Å². The summed E-state index contributed by atoms with van der Waals surface area (Å²) in [6, 6.07) is 7.01. The Labute approximate surface area is 116 Å². The van der Waals surface area contributed by atoms with Crippen LogP contribution in [-0.2, 0) is 6.42 Å². The topological polar surface area (TPSA) is 38.9 Å². The Balaban J connectivity index is 1.97. The average molecular weight is 274 g/mol. The highest BCUT2D eigenvalue weighted by Crippen LogP contribution is 2.38. The van der Waals surface area contributed by atoms with E-state index in [-0.39, 0.29) is 5.92 Å². The first kappa shape index (κ1) is 13.2. The molecule has 2 N–H and O–H groups in total. The molecular weight excluding hydrogens is 258 g/mol. The fourth-order valence-corrected chi connectivity index (χ4v) is 2.99. The van der Waals surface area contributed by atoms with Crippen molar-refractivity contribution in [2.24, 2.45) is 5.73 Å². The number of hydrogen-bond donors (Lipinski definition) is 1. The molecule has 0 radical (unpaired) electrons. The number of benzene rings is 1. The van der Waals surface area contributed by atoms with E-state index in [0.717, 1.165) is 31.0 Å². The SMILES string of the molecule is NC(c1cc(F)cc(F)c1)C1CCCc2cccnc21. The second-order valence-electron chi connectivity index (χ2n) is 5.28. The predicted molar refractivity (Wildman–Crippen MR) is 73.2 cm³/mol. The van der Waals surface area contributed by atoms with Crippen molar-refractivity contribution >= 4 is 0 Å². The van der Waals surface area contributed by atoms with Crippen LogP contribution in [0.15, 0.2) is 36.5 Å². The summed E-state index contributed by atoms with van der Waals surface area (Å²) >= 11 is 0. The molecule has 20 heavy (non-hydrogen) atoms. The first-order valence-corrected chi connectivity index (χ1v) is 6.80. The van der Waals surface area contributed by atoms with Gasteiger partial charge < -0.3 is 5.73 Å². The number of aryl methyl sites for hydroxylation is 1. The molecule has 3 rings (SSSR count). The maximum absolute atomic E-state index is 13.3. The van der Waals surface area contributed by atoms with E-state index in [1.807, 2.05) is 12.1 Å². The second kappa shape index (κ2) is 5.29. The zero-order valence-corrected chi connectivity index (χ0v) is 11.0. The Hall–Kier alpha value is -1.81. The van der Waals surface area contributed by atoms with Gasteiger partial charge in [-0.2, -0.15) is 0 Å². The molecule has 0 bridgehead atoms. The van der Waals surface area contributed by atoms with Gasteiger partial charge in [-0.1, -0.05) is 6.07 Å². The molecule has 104 valence electrons. The molecule has 0 saturated carbocycles. The minimum absolute atomic E-state index is 0.0150. The molecule has 0 spiro atoms. The predicted octanol–water partition coefficient (Wildman–Crippen LogP) is 3.48. The lowest BCUT2D eigenvalue weighted by Crippen LogP contribution is -2.24. The van der Waals surface area contributed by atoms with Crippen LogP contribution in [0.5, 0.6) is 0 Å². The normalized spacial score (nSPS) is 19.4. The molecule has 2 nitrogen and oxygen atoms in total. The molecule has 1 aromatic carbocycles. The first-order valence-electron chi connectivity index (χ1n) is 6.80. The Bertz CT molecular complexity index is 607. The molecular formula is C16H16F2N2. The lowest BCUT2D eigenvalue weighted by molar-refractivity contribution is 0.458. The molecule has 1 aliphatic rings. The van der Waals surface area contributed by atoms with Gasteiger partial charge in [0.25, 0.3) is 0 Å². The molecule has 2 atom stereocenters. The fourth-order valence-electron chi connectivity index (χ4n) is 2.99. The molecule has 4 heteroatoms. The minimum Gasteiger partial charge on any atom is -0.323 e. The Kier molecular flexibility index (Phi) is 3.49. The Morgan fingerprint density at radius 1 is 1.20 bits per heavy atom. The third-order valence-corrected chi connectivity index (χ3v) is 3.94. The van der Waals surface area contributed by atoms with Crippen LogP contribution >= 0.6 is 0 Å². The van der Waals surface area contributed by atoms with E-state index in [0.29, 0.717) is 5.56 Å². The highest BCUT2D eigenvalue weighted by molar-refractivity contribution is 5.31. The summed E-state index contributed by atoms with van der Waals surface area (Å²) in [5, 5.41) is 0. The summed E-state index contributed by atoms with van der Waals surface area (Å²) < 4.78 is 26.7. The van der Waals surface area contributed by atoms with Gasteiger partial charge in [0.1, 0.15) is 11.6 Å². The van der Waals surface area contributed by atoms with Gasteiger partial charge in [0.05, 0.1) is 0 Å². The van der Waals surface area contributed by atoms with Crippen LogP contribution in [0.1, 0.15) is 41.6 Å². The van der Waals surface area contributed by atoms with Gasteiger partial charge in [0.15, 0.2) is 0 Å². The summed E-state index contributed by atoms with van der Waals surface area (Å²) in [6.07, 6.45) is 4.65. The van der Waals surface area contributed by atoms with Gasteiger partial charge in [0.2, 0.25) is 0 Å². The van der Waals surface area contributed by atoms with Gasteiger partial charge in [-0.25, -0.2) is 8.78 Å². The number of nitrogens with two attached hydrogens (primary N) is 1. The quantitative estimate of drug-likeness (QED) is 0.910. The number of fused-ring (bicyclic) bond motifs is 1. The molecule has 0 fully saturated rings.